The molecule has 6 nitrogen and oxygen atoms in total. The number of ether oxygens (including phenoxy) is 1. The zero-order valence-corrected chi connectivity index (χ0v) is 13.8. The van der Waals surface area contributed by atoms with Gasteiger partial charge in [-0.05, 0) is 36.4 Å². The largest absolute Gasteiger partial charge is 0.465 e. The number of carbonyl (C=O) groups is 3. The van der Waals surface area contributed by atoms with Gasteiger partial charge in [-0.3, -0.25) is 9.59 Å². The second-order valence-electron chi connectivity index (χ2n) is 5.17. The van der Waals surface area contributed by atoms with E-state index in [-0.39, 0.29) is 18.1 Å². The summed E-state index contributed by atoms with van der Waals surface area (Å²) in [5, 5.41) is 2.42. The highest BCUT2D eigenvalue weighted by Crippen LogP contribution is 2.17. The quantitative estimate of drug-likeness (QED) is 0.846. The number of para-hydroxylation sites is 1. The molecule has 0 aliphatic heterocycles. The number of amides is 2. The molecule has 0 heterocycles. The number of benzene rings is 2. The van der Waals surface area contributed by atoms with Gasteiger partial charge >= 0.3 is 5.97 Å². The normalized spacial score (nSPS) is 10.0. The highest BCUT2D eigenvalue weighted by atomic mass is 19.1. The molecule has 1 N–H and O–H groups in total. The molecule has 2 aromatic rings. The number of esters is 1. The first kappa shape index (κ1) is 18.1. The smallest absolute Gasteiger partial charge is 0.337 e. The molecule has 0 fully saturated rings. The molecule has 2 amide bonds. The molecule has 0 radical (unpaired) electrons. The minimum atomic E-state index is -0.562. The van der Waals surface area contributed by atoms with Gasteiger partial charge < -0.3 is 15.0 Å². The third kappa shape index (κ3) is 4.63. The molecule has 0 aliphatic carbocycles. The third-order valence-electron chi connectivity index (χ3n) is 3.43. The van der Waals surface area contributed by atoms with E-state index in [1.54, 1.807) is 6.07 Å². The Morgan fingerprint density at radius 3 is 2.28 bits per heavy atom. The first-order valence-corrected chi connectivity index (χ1v) is 7.43. The molecule has 0 atom stereocenters. The zero-order valence-electron chi connectivity index (χ0n) is 13.8. The van der Waals surface area contributed by atoms with Gasteiger partial charge in [-0.15, -0.1) is 0 Å². The molecular weight excluding hydrogens is 327 g/mol. The van der Waals surface area contributed by atoms with E-state index in [1.807, 2.05) is 0 Å². The number of hydrogen-bond donors (Lipinski definition) is 1. The molecule has 2 rings (SSSR count). The minimum absolute atomic E-state index is 0.0389. The van der Waals surface area contributed by atoms with Gasteiger partial charge in [0.15, 0.2) is 0 Å². The van der Waals surface area contributed by atoms with Crippen LogP contribution in [0.2, 0.25) is 0 Å². The van der Waals surface area contributed by atoms with E-state index in [4.69, 9.17) is 0 Å². The van der Waals surface area contributed by atoms with Crippen molar-refractivity contribution in [3.63, 3.8) is 0 Å². The molecule has 0 aliphatic rings. The van der Waals surface area contributed by atoms with Crippen LogP contribution in [0, 0.1) is 5.82 Å². The monoisotopic (exact) mass is 344 g/mol. The molecule has 0 unspecified atom stereocenters. The van der Waals surface area contributed by atoms with Crippen LogP contribution in [-0.4, -0.2) is 31.4 Å². The number of hydrogen-bond acceptors (Lipinski definition) is 4. The summed E-state index contributed by atoms with van der Waals surface area (Å²) >= 11 is 0. The lowest BCUT2D eigenvalue weighted by Crippen LogP contribution is -2.36. The second kappa shape index (κ2) is 8.05. The van der Waals surface area contributed by atoms with Gasteiger partial charge in [-0.1, -0.05) is 12.1 Å². The summed E-state index contributed by atoms with van der Waals surface area (Å²) in [5.41, 5.74) is 0.798. The summed E-state index contributed by atoms with van der Waals surface area (Å²) in [6.07, 6.45) is 0. The topological polar surface area (TPSA) is 75.7 Å². The van der Waals surface area contributed by atoms with Crippen molar-refractivity contribution in [2.45, 2.75) is 6.92 Å². The number of halogens is 1. The lowest BCUT2D eigenvalue weighted by atomic mass is 10.2. The number of nitrogens with one attached hydrogen (secondary N) is 1. The van der Waals surface area contributed by atoms with Crippen LogP contribution in [0.5, 0.6) is 0 Å². The first-order chi connectivity index (χ1) is 11.9. The van der Waals surface area contributed by atoms with Crippen molar-refractivity contribution in [1.82, 2.24) is 0 Å². The Morgan fingerprint density at radius 1 is 1.08 bits per heavy atom. The highest BCUT2D eigenvalue weighted by molar-refractivity contribution is 6.02. The minimum Gasteiger partial charge on any atom is -0.465 e. The van der Waals surface area contributed by atoms with Gasteiger partial charge in [0, 0.05) is 12.6 Å². The van der Waals surface area contributed by atoms with Crippen LogP contribution in [0.25, 0.3) is 0 Å². The summed E-state index contributed by atoms with van der Waals surface area (Å²) in [5.74, 6) is -1.97. The van der Waals surface area contributed by atoms with Crippen molar-refractivity contribution in [1.29, 1.82) is 0 Å². The maximum absolute atomic E-state index is 13.6. The van der Waals surface area contributed by atoms with Crippen LogP contribution < -0.4 is 10.2 Å². The van der Waals surface area contributed by atoms with Crippen molar-refractivity contribution in [2.75, 3.05) is 23.9 Å². The fourth-order valence-corrected chi connectivity index (χ4v) is 2.18. The number of methoxy groups -OCH3 is 1. The average molecular weight is 344 g/mol. The lowest BCUT2D eigenvalue weighted by molar-refractivity contribution is -0.120. The van der Waals surface area contributed by atoms with Gasteiger partial charge in [0.25, 0.3) is 0 Å². The number of anilines is 2. The van der Waals surface area contributed by atoms with E-state index in [9.17, 15) is 18.8 Å². The molecule has 0 saturated carbocycles. The fourth-order valence-electron chi connectivity index (χ4n) is 2.18. The molecule has 7 heteroatoms. The molecule has 0 bridgehead atoms. The van der Waals surface area contributed by atoms with Gasteiger partial charge in [-0.2, -0.15) is 0 Å². The number of carbonyl (C=O) groups excluding carboxylic acids is 3. The van der Waals surface area contributed by atoms with Crippen molar-refractivity contribution >= 4 is 29.2 Å². The fraction of sp³-hybridized carbons (Fsp3) is 0.167. The molecule has 0 spiro atoms. The molecular formula is C18H17FN2O4. The molecule has 0 aromatic heterocycles. The van der Waals surface area contributed by atoms with Gasteiger partial charge in [0.1, 0.15) is 12.4 Å². The van der Waals surface area contributed by atoms with E-state index >= 15 is 0 Å². The maximum Gasteiger partial charge on any atom is 0.337 e. The van der Waals surface area contributed by atoms with Crippen LogP contribution in [-0.2, 0) is 14.3 Å². The van der Waals surface area contributed by atoms with Crippen molar-refractivity contribution < 1.29 is 23.5 Å². The average Bonchev–Trinajstić information content (AvgIpc) is 2.61. The lowest BCUT2D eigenvalue weighted by Gasteiger charge is -2.21. The predicted octanol–water partition coefficient (Wildman–Crippen LogP) is 2.60. The van der Waals surface area contributed by atoms with E-state index in [1.165, 1.54) is 61.4 Å². The van der Waals surface area contributed by atoms with Crippen LogP contribution in [0.3, 0.4) is 0 Å². The second-order valence-corrected chi connectivity index (χ2v) is 5.17. The van der Waals surface area contributed by atoms with E-state index < -0.39 is 17.7 Å². The Bertz CT molecular complexity index is 790. The van der Waals surface area contributed by atoms with Gasteiger partial charge in [0.05, 0.1) is 18.4 Å². The Morgan fingerprint density at radius 2 is 1.72 bits per heavy atom. The molecule has 25 heavy (non-hydrogen) atoms. The van der Waals surface area contributed by atoms with Crippen LogP contribution >= 0.6 is 0 Å². The van der Waals surface area contributed by atoms with Crippen LogP contribution in [0.4, 0.5) is 15.8 Å². The van der Waals surface area contributed by atoms with Crippen LogP contribution in [0.1, 0.15) is 17.3 Å². The zero-order chi connectivity index (χ0) is 18.4. The molecule has 130 valence electrons. The van der Waals surface area contributed by atoms with Crippen LogP contribution in [0.15, 0.2) is 48.5 Å². The predicted molar refractivity (Wildman–Crippen MR) is 90.8 cm³/mol. The van der Waals surface area contributed by atoms with Gasteiger partial charge in [0.2, 0.25) is 11.8 Å². The Hall–Kier alpha value is -3.22. The highest BCUT2D eigenvalue weighted by Gasteiger charge is 2.17. The summed E-state index contributed by atoms with van der Waals surface area (Å²) in [4.78, 5) is 36.6. The summed E-state index contributed by atoms with van der Waals surface area (Å²) in [6, 6.07) is 11.8. The summed E-state index contributed by atoms with van der Waals surface area (Å²) in [6.45, 7) is 1.02. The number of rotatable bonds is 5. The van der Waals surface area contributed by atoms with Crippen molar-refractivity contribution in [3.8, 4) is 0 Å². The SMILES string of the molecule is COC(=O)c1ccc(N(CC(=O)Nc2ccccc2F)C(C)=O)cc1. The Kier molecular flexibility index (Phi) is 5.84. The van der Waals surface area contributed by atoms with Crippen molar-refractivity contribution in [3.05, 3.63) is 59.9 Å². The maximum atomic E-state index is 13.6. The first-order valence-electron chi connectivity index (χ1n) is 7.43. The standard InChI is InChI=1S/C18H17FN2O4/c1-12(22)21(14-9-7-13(8-10-14)18(24)25-2)11-17(23)20-16-6-4-3-5-15(16)19/h3-10H,11H2,1-2H3,(H,20,23). The Labute approximate surface area is 144 Å². The molecule has 2 aromatic carbocycles. The van der Waals surface area contributed by atoms with Crippen molar-refractivity contribution in [2.24, 2.45) is 0 Å². The third-order valence-corrected chi connectivity index (χ3v) is 3.43. The molecule has 0 saturated heterocycles. The van der Waals surface area contributed by atoms with E-state index in [0.29, 0.717) is 11.3 Å². The summed E-state index contributed by atoms with van der Waals surface area (Å²) in [7, 11) is 1.27. The van der Waals surface area contributed by atoms with Gasteiger partial charge in [-0.25, -0.2) is 9.18 Å². The Balaban J connectivity index is 2.13. The van der Waals surface area contributed by atoms with E-state index in [0.717, 1.165) is 0 Å². The van der Waals surface area contributed by atoms with E-state index in [2.05, 4.69) is 10.1 Å². The number of nitrogens with zero attached hydrogens (tertiary/aromatic N) is 1. The summed E-state index contributed by atoms with van der Waals surface area (Å²) < 4.78 is 18.2.